The number of halogens is 4. The van der Waals surface area contributed by atoms with E-state index in [9.17, 15) is 26.0 Å². The molecule has 0 aliphatic carbocycles. The number of piperazine rings is 1. The van der Waals surface area contributed by atoms with Gasteiger partial charge in [-0.25, -0.2) is 22.8 Å². The third kappa shape index (κ3) is 5.71. The van der Waals surface area contributed by atoms with E-state index in [1.807, 2.05) is 18.7 Å². The van der Waals surface area contributed by atoms with E-state index in [-0.39, 0.29) is 34.1 Å². The first-order valence-corrected chi connectivity index (χ1v) is 13.5. The molecule has 0 spiro atoms. The molecule has 1 aromatic heterocycles. The van der Waals surface area contributed by atoms with Gasteiger partial charge in [0, 0.05) is 49.1 Å². The monoisotopic (exact) mass is 506 g/mol. The van der Waals surface area contributed by atoms with Crippen LogP contribution in [0.3, 0.4) is 0 Å². The van der Waals surface area contributed by atoms with Crippen LogP contribution >= 0.6 is 11.8 Å². The molecule has 2 heterocycles. The highest BCUT2D eigenvalue weighted by Gasteiger charge is 2.38. The van der Waals surface area contributed by atoms with Crippen LogP contribution in [-0.2, 0) is 21.8 Å². The number of benzene rings is 1. The van der Waals surface area contributed by atoms with Gasteiger partial charge in [0.25, 0.3) is 0 Å². The van der Waals surface area contributed by atoms with Gasteiger partial charge < -0.3 is 9.80 Å². The SMILES string of the molecule is CSCc1cnc(N2CCN(c3ccc(F)c(S(C)(=O)=O)c3)CC2C(C)C)nc1C(F)(F)F. The van der Waals surface area contributed by atoms with Gasteiger partial charge in [0.2, 0.25) is 5.95 Å². The predicted molar refractivity (Wildman–Crippen MR) is 122 cm³/mol. The lowest BCUT2D eigenvalue weighted by Crippen LogP contribution is -2.56. The molecule has 182 valence electrons. The number of thioether (sulfide) groups is 1. The lowest BCUT2D eigenvalue weighted by molar-refractivity contribution is -0.141. The van der Waals surface area contributed by atoms with Crippen molar-refractivity contribution in [3.63, 3.8) is 0 Å². The second-order valence-electron chi connectivity index (χ2n) is 8.31. The Bertz CT molecular complexity index is 1110. The number of hydrogen-bond acceptors (Lipinski definition) is 7. The molecule has 1 aliphatic rings. The predicted octanol–water partition coefficient (Wildman–Crippen LogP) is 4.25. The number of nitrogens with zero attached hydrogens (tertiary/aromatic N) is 4. The maximum atomic E-state index is 14.0. The van der Waals surface area contributed by atoms with E-state index in [0.717, 1.165) is 12.3 Å². The molecule has 33 heavy (non-hydrogen) atoms. The Morgan fingerprint density at radius 2 is 1.94 bits per heavy atom. The van der Waals surface area contributed by atoms with Crippen molar-refractivity contribution < 1.29 is 26.0 Å². The van der Waals surface area contributed by atoms with Gasteiger partial charge in [0.1, 0.15) is 10.7 Å². The molecule has 3 rings (SSSR count). The highest BCUT2D eigenvalue weighted by molar-refractivity contribution is 7.97. The molecule has 0 saturated carbocycles. The van der Waals surface area contributed by atoms with Crippen LogP contribution < -0.4 is 9.80 Å². The van der Waals surface area contributed by atoms with Gasteiger partial charge in [-0.1, -0.05) is 13.8 Å². The maximum absolute atomic E-state index is 14.0. The number of aromatic nitrogens is 2. The number of rotatable bonds is 6. The van der Waals surface area contributed by atoms with Crippen molar-refractivity contribution in [2.24, 2.45) is 5.92 Å². The number of sulfone groups is 1. The molecule has 1 unspecified atom stereocenters. The lowest BCUT2D eigenvalue weighted by Gasteiger charge is -2.44. The minimum atomic E-state index is -4.59. The topological polar surface area (TPSA) is 66.4 Å². The first kappa shape index (κ1) is 25.5. The quantitative estimate of drug-likeness (QED) is 0.543. The summed E-state index contributed by atoms with van der Waals surface area (Å²) in [7, 11) is -3.75. The van der Waals surface area contributed by atoms with Crippen LogP contribution in [0.5, 0.6) is 0 Å². The van der Waals surface area contributed by atoms with Crippen LogP contribution in [0, 0.1) is 11.7 Å². The summed E-state index contributed by atoms with van der Waals surface area (Å²) < 4.78 is 78.7. The van der Waals surface area contributed by atoms with Crippen molar-refractivity contribution in [1.29, 1.82) is 0 Å². The van der Waals surface area contributed by atoms with Crippen LogP contribution in [0.2, 0.25) is 0 Å². The first-order chi connectivity index (χ1) is 15.3. The van der Waals surface area contributed by atoms with Crippen molar-refractivity contribution in [1.82, 2.24) is 9.97 Å². The van der Waals surface area contributed by atoms with Crippen LogP contribution in [0.1, 0.15) is 25.1 Å². The Morgan fingerprint density at radius 1 is 1.24 bits per heavy atom. The lowest BCUT2D eigenvalue weighted by atomic mass is 9.99. The molecular formula is C21H26F4N4O2S2. The molecule has 0 bridgehead atoms. The zero-order chi connectivity index (χ0) is 24.6. The van der Waals surface area contributed by atoms with Gasteiger partial charge in [-0.05, 0) is 30.4 Å². The Kier molecular flexibility index (Phi) is 7.47. The number of hydrogen-bond donors (Lipinski definition) is 0. The van der Waals surface area contributed by atoms with Crippen molar-refractivity contribution in [2.45, 2.75) is 36.7 Å². The van der Waals surface area contributed by atoms with Crippen molar-refractivity contribution >= 4 is 33.2 Å². The Balaban J connectivity index is 1.93. The highest BCUT2D eigenvalue weighted by Crippen LogP contribution is 2.34. The Labute approximate surface area is 195 Å². The summed E-state index contributed by atoms with van der Waals surface area (Å²) in [5, 5.41) is 0. The zero-order valence-corrected chi connectivity index (χ0v) is 20.4. The third-order valence-electron chi connectivity index (χ3n) is 5.54. The first-order valence-electron chi connectivity index (χ1n) is 10.3. The average molecular weight is 507 g/mol. The van der Waals surface area contributed by atoms with Gasteiger partial charge in [0.15, 0.2) is 15.5 Å². The van der Waals surface area contributed by atoms with E-state index >= 15 is 0 Å². The number of alkyl halides is 3. The van der Waals surface area contributed by atoms with Crippen LogP contribution in [0.25, 0.3) is 0 Å². The fourth-order valence-electron chi connectivity index (χ4n) is 3.88. The van der Waals surface area contributed by atoms with Gasteiger partial charge >= 0.3 is 6.18 Å². The molecule has 2 aromatic rings. The third-order valence-corrected chi connectivity index (χ3v) is 7.26. The average Bonchev–Trinajstić information content (AvgIpc) is 2.72. The molecule has 1 atom stereocenters. The van der Waals surface area contributed by atoms with E-state index < -0.39 is 27.5 Å². The molecule has 1 fully saturated rings. The standard InChI is InChI=1S/C21H26F4N4O2S2/c1-13(2)17-11-28(15-5-6-16(22)18(9-15)33(4,30)31)7-8-29(17)20-26-10-14(12-32-3)19(27-20)21(23,24)25/h5-6,9-10,13,17H,7-8,11-12H2,1-4H3. The minimum absolute atomic E-state index is 0.0152. The summed E-state index contributed by atoms with van der Waals surface area (Å²) in [6.45, 7) is 4.99. The van der Waals surface area contributed by atoms with Gasteiger partial charge in [-0.15, -0.1) is 0 Å². The largest absolute Gasteiger partial charge is 0.433 e. The van der Waals surface area contributed by atoms with Crippen LogP contribution in [0.15, 0.2) is 29.3 Å². The maximum Gasteiger partial charge on any atom is 0.433 e. The molecule has 0 amide bonds. The Morgan fingerprint density at radius 3 is 2.52 bits per heavy atom. The second kappa shape index (κ2) is 9.65. The molecule has 1 aromatic carbocycles. The summed E-state index contributed by atoms with van der Waals surface area (Å²) in [6, 6.07) is 3.68. The van der Waals surface area contributed by atoms with Gasteiger partial charge in [-0.3, -0.25) is 0 Å². The minimum Gasteiger partial charge on any atom is -0.368 e. The molecule has 0 radical (unpaired) electrons. The normalized spacial score (nSPS) is 17.7. The van der Waals surface area contributed by atoms with Crippen molar-refractivity contribution in [3.05, 3.63) is 41.5 Å². The molecular weight excluding hydrogens is 480 g/mol. The summed E-state index contributed by atoms with van der Waals surface area (Å²) in [5.41, 5.74) is -0.351. The van der Waals surface area contributed by atoms with Crippen LogP contribution in [0.4, 0.5) is 29.2 Å². The molecule has 6 nitrogen and oxygen atoms in total. The van der Waals surface area contributed by atoms with Crippen molar-refractivity contribution in [2.75, 3.05) is 41.9 Å². The number of anilines is 2. The van der Waals surface area contributed by atoms with E-state index in [0.29, 0.717) is 25.3 Å². The van der Waals surface area contributed by atoms with Gasteiger partial charge in [0.05, 0.1) is 6.04 Å². The fourth-order valence-corrected chi connectivity index (χ4v) is 5.16. The fraction of sp³-hybridized carbons (Fsp3) is 0.524. The summed E-state index contributed by atoms with van der Waals surface area (Å²) in [6.07, 6.45) is -0.690. The van der Waals surface area contributed by atoms with Gasteiger partial charge in [-0.2, -0.15) is 24.9 Å². The highest BCUT2D eigenvalue weighted by atomic mass is 32.2. The molecule has 1 aliphatic heterocycles. The van der Waals surface area contributed by atoms with Crippen molar-refractivity contribution in [3.8, 4) is 0 Å². The van der Waals surface area contributed by atoms with E-state index in [4.69, 9.17) is 0 Å². The van der Waals surface area contributed by atoms with E-state index in [1.54, 1.807) is 11.2 Å². The molecule has 0 N–H and O–H groups in total. The second-order valence-corrected chi connectivity index (χ2v) is 11.2. The zero-order valence-electron chi connectivity index (χ0n) is 18.7. The smallest absolute Gasteiger partial charge is 0.368 e. The van der Waals surface area contributed by atoms with E-state index in [2.05, 4.69) is 9.97 Å². The van der Waals surface area contributed by atoms with Crippen LogP contribution in [-0.4, -0.2) is 56.6 Å². The molecule has 12 heteroatoms. The summed E-state index contributed by atoms with van der Waals surface area (Å²) in [4.78, 5) is 11.4. The summed E-state index contributed by atoms with van der Waals surface area (Å²) >= 11 is 1.26. The molecule has 1 saturated heterocycles. The summed E-state index contributed by atoms with van der Waals surface area (Å²) in [5.74, 6) is -0.615. The van der Waals surface area contributed by atoms with E-state index in [1.165, 1.54) is 30.1 Å². The Hall–Kier alpha value is -2.08.